The van der Waals surface area contributed by atoms with Gasteiger partial charge in [-0.05, 0) is 144 Å². The van der Waals surface area contributed by atoms with Gasteiger partial charge in [-0.15, -0.1) is 0 Å². The number of allylic oxidation sites excluding steroid dienone is 2. The van der Waals surface area contributed by atoms with Crippen LogP contribution in [0, 0.1) is 57.2 Å². The summed E-state index contributed by atoms with van der Waals surface area (Å²) >= 11 is 0. The molecule has 0 aromatic heterocycles. The third-order valence-corrected chi connectivity index (χ3v) is 21.5. The molecule has 6 fully saturated rings. The number of benzene rings is 2. The Labute approximate surface area is 404 Å². The molecule has 7 aliphatic rings. The molecule has 9 rings (SSSR count). The lowest BCUT2D eigenvalue weighted by Crippen LogP contribution is -2.68. The highest BCUT2D eigenvalue weighted by Crippen LogP contribution is 2.76. The molecule has 2 aliphatic heterocycles. The van der Waals surface area contributed by atoms with Crippen molar-refractivity contribution in [2.24, 2.45) is 57.2 Å². The lowest BCUT2D eigenvalue weighted by molar-refractivity contribution is -0.280. The smallest absolute Gasteiger partial charge is 0.340 e. The number of ether oxygens (including phenoxy) is 3. The van der Waals surface area contributed by atoms with Crippen molar-refractivity contribution in [1.29, 1.82) is 0 Å². The average molecular weight is 959 g/mol. The van der Waals surface area contributed by atoms with E-state index in [4.69, 9.17) is 14.2 Å². The molecule has 2 aromatic rings. The van der Waals surface area contributed by atoms with E-state index in [1.165, 1.54) is 56.9 Å². The van der Waals surface area contributed by atoms with E-state index >= 15 is 0 Å². The minimum Gasteiger partial charge on any atom is -0.459 e. The quantitative estimate of drug-likeness (QED) is 0.167. The molecule has 14 atom stereocenters. The largest absolute Gasteiger partial charge is 0.459 e. The van der Waals surface area contributed by atoms with Crippen molar-refractivity contribution >= 4 is 27.3 Å². The molecule has 2 heterocycles. The summed E-state index contributed by atoms with van der Waals surface area (Å²) in [5, 5.41) is 36.2. The van der Waals surface area contributed by atoms with Gasteiger partial charge in [-0.1, -0.05) is 97.0 Å². The molecule has 68 heavy (non-hydrogen) atoms. The van der Waals surface area contributed by atoms with Crippen LogP contribution in [0.5, 0.6) is 0 Å². The number of esters is 2. The zero-order valence-corrected chi connectivity index (χ0v) is 42.3. The van der Waals surface area contributed by atoms with Crippen molar-refractivity contribution < 1.29 is 47.5 Å². The normalized spacial score (nSPS) is 40.8. The van der Waals surface area contributed by atoms with Crippen molar-refractivity contribution in [2.45, 2.75) is 149 Å². The summed E-state index contributed by atoms with van der Waals surface area (Å²) in [5.41, 5.74) is 3.87. The summed E-state index contributed by atoms with van der Waals surface area (Å²) in [6.45, 7) is 20.8. The first-order valence-electron chi connectivity index (χ1n) is 25.7. The third kappa shape index (κ3) is 8.53. The van der Waals surface area contributed by atoms with Crippen LogP contribution in [0.1, 0.15) is 128 Å². The fourth-order valence-electron chi connectivity index (χ4n) is 16.1. The van der Waals surface area contributed by atoms with Gasteiger partial charge in [-0.25, -0.2) is 18.0 Å². The molecular weight excluding hydrogens is 881 g/mol. The molecule has 0 radical (unpaired) electrons. The molecule has 374 valence electrons. The van der Waals surface area contributed by atoms with Gasteiger partial charge in [0, 0.05) is 31.7 Å². The van der Waals surface area contributed by atoms with Gasteiger partial charge in [0.25, 0.3) is 0 Å². The number of sulfone groups is 1. The molecule has 2 aromatic carbocycles. The predicted octanol–water partition coefficient (Wildman–Crippen LogP) is 7.20. The highest BCUT2D eigenvalue weighted by Gasteiger charge is 2.70. The summed E-state index contributed by atoms with van der Waals surface area (Å²) in [5.74, 6) is 2.53. The first-order valence-corrected chi connectivity index (χ1v) is 27.6. The number of nitrogens with zero attached hydrogens (tertiary/aromatic N) is 1. The average Bonchev–Trinajstić information content (AvgIpc) is 3.69. The Kier molecular flexibility index (Phi) is 13.5. The maximum Gasteiger partial charge on any atom is 0.340 e. The third-order valence-electron chi connectivity index (χ3n) is 19.9. The number of carbonyl (C=O) groups is 2. The maximum atomic E-state index is 13.5. The number of hydrogen-bond acceptors (Lipinski definition) is 12. The van der Waals surface area contributed by atoms with Gasteiger partial charge < -0.3 is 39.7 Å². The Morgan fingerprint density at radius 1 is 0.824 bits per heavy atom. The van der Waals surface area contributed by atoms with Gasteiger partial charge >= 0.3 is 11.9 Å². The number of hydrogen-bond donors (Lipinski definition) is 4. The van der Waals surface area contributed by atoms with Crippen LogP contribution in [0.15, 0.2) is 60.7 Å². The molecule has 4 N–H and O–H groups in total. The van der Waals surface area contributed by atoms with Crippen molar-refractivity contribution in [3.63, 3.8) is 0 Å². The fraction of sp³-hybridized carbons (Fsp3) is 0.709. The number of aliphatic hydroxyl groups excluding tert-OH is 3. The van der Waals surface area contributed by atoms with Crippen LogP contribution >= 0.6 is 0 Å². The monoisotopic (exact) mass is 959 g/mol. The summed E-state index contributed by atoms with van der Waals surface area (Å²) in [7, 11) is -2.89. The SMILES string of the molecule is CC(C)[C@@H]1CC[C@]2(NCCN3CCS(=O)(=O)CC3)CC[C@]3(C)[C@H](CC[C@@H]4[C@@]5(C)CC=C(c6ccc(C(=O)OC7O[C@H](C(=O)OCc8ccccc8)[C@@H](O)[C@H](O)[C@H]7O)cc6)C(C)(C)[C@@H]5CC[C@]43C)[C@@H]12. The lowest BCUT2D eigenvalue weighted by atomic mass is 9.33. The van der Waals surface area contributed by atoms with Crippen LogP contribution in [-0.4, -0.2) is 115 Å². The Morgan fingerprint density at radius 2 is 1.53 bits per heavy atom. The second kappa shape index (κ2) is 18.5. The summed E-state index contributed by atoms with van der Waals surface area (Å²) in [6.07, 6.45) is 4.60. The van der Waals surface area contributed by atoms with E-state index < -0.39 is 52.5 Å². The second-order valence-electron chi connectivity index (χ2n) is 23.7. The number of fused-ring (bicyclic) bond motifs is 7. The Morgan fingerprint density at radius 3 is 2.22 bits per heavy atom. The van der Waals surface area contributed by atoms with Crippen LogP contribution in [0.3, 0.4) is 0 Å². The van der Waals surface area contributed by atoms with Gasteiger partial charge in [0.15, 0.2) is 15.9 Å². The number of rotatable bonds is 11. The van der Waals surface area contributed by atoms with Gasteiger partial charge in [0.05, 0.1) is 17.1 Å². The predicted molar refractivity (Wildman–Crippen MR) is 261 cm³/mol. The highest BCUT2D eigenvalue weighted by molar-refractivity contribution is 7.91. The summed E-state index contributed by atoms with van der Waals surface area (Å²) < 4.78 is 40.7. The van der Waals surface area contributed by atoms with E-state index in [0.29, 0.717) is 54.2 Å². The fourth-order valence-corrected chi connectivity index (χ4v) is 17.4. The maximum absolute atomic E-state index is 13.5. The summed E-state index contributed by atoms with van der Waals surface area (Å²) in [4.78, 5) is 28.8. The van der Waals surface area contributed by atoms with Crippen molar-refractivity contribution in [1.82, 2.24) is 10.2 Å². The van der Waals surface area contributed by atoms with Gasteiger partial charge in [-0.2, -0.15) is 0 Å². The zero-order chi connectivity index (χ0) is 48.6. The minimum atomic E-state index is -2.89. The van der Waals surface area contributed by atoms with Gasteiger partial charge in [0.2, 0.25) is 6.29 Å². The lowest BCUT2D eigenvalue weighted by Gasteiger charge is -2.72. The standard InChI is InChI=1S/C55H78N2O10S/c1-34(2)38-19-24-55(56-27-28-57-29-31-68(63,64)32-30-57)26-25-53(6)40(43(38)55)17-18-42-52(5)22-20-39(51(3,4)41(52)21-23-54(42,53)7)36-13-15-37(16-14-36)48(61)67-50-46(60)44(58)45(59)47(66-50)49(62)65-33-35-11-9-8-10-12-35/h8-16,20,34,38,40-47,50,56,58-60H,17-19,21-33H2,1-7H3/t38-,40+,41-,42+,43+,44-,45-,46+,47-,50?,52-,53+,54+,55-/m0/s1. The molecule has 0 amide bonds. The molecule has 0 spiro atoms. The van der Waals surface area contributed by atoms with E-state index in [1.54, 1.807) is 36.4 Å². The van der Waals surface area contributed by atoms with Gasteiger partial charge in [0.1, 0.15) is 24.9 Å². The van der Waals surface area contributed by atoms with Crippen molar-refractivity contribution in [3.05, 3.63) is 77.4 Å². The topological polar surface area (TPSA) is 172 Å². The Balaban J connectivity index is 0.879. The Hall–Kier alpha value is -3.17. The zero-order valence-electron chi connectivity index (χ0n) is 41.5. The van der Waals surface area contributed by atoms with E-state index in [9.17, 15) is 33.3 Å². The molecule has 2 saturated heterocycles. The van der Waals surface area contributed by atoms with Crippen LogP contribution in [0.4, 0.5) is 0 Å². The molecule has 1 unspecified atom stereocenters. The van der Waals surface area contributed by atoms with Crippen molar-refractivity contribution in [2.75, 3.05) is 37.7 Å². The highest BCUT2D eigenvalue weighted by atomic mass is 32.2. The first kappa shape index (κ1) is 49.8. The molecule has 13 heteroatoms. The van der Waals surface area contributed by atoms with Crippen LogP contribution < -0.4 is 5.32 Å². The molecule has 5 aliphatic carbocycles. The number of aliphatic hydroxyl groups is 3. The van der Waals surface area contributed by atoms with Gasteiger partial charge in [-0.3, -0.25) is 0 Å². The van der Waals surface area contributed by atoms with Crippen LogP contribution in [0.2, 0.25) is 0 Å². The molecule has 0 bridgehead atoms. The first-order chi connectivity index (χ1) is 32.1. The van der Waals surface area contributed by atoms with Crippen molar-refractivity contribution in [3.8, 4) is 0 Å². The van der Waals surface area contributed by atoms with Crippen LogP contribution in [0.25, 0.3) is 5.57 Å². The molecular formula is C55H78N2O10S. The summed E-state index contributed by atoms with van der Waals surface area (Å²) in [6, 6.07) is 16.3. The number of carbonyl (C=O) groups excluding carboxylic acids is 2. The van der Waals surface area contributed by atoms with E-state index in [2.05, 4.69) is 64.8 Å². The van der Waals surface area contributed by atoms with E-state index in [-0.39, 0.29) is 50.9 Å². The minimum absolute atomic E-state index is 0.0890. The van der Waals surface area contributed by atoms with Crippen LogP contribution in [-0.2, 0) is 35.4 Å². The number of nitrogens with one attached hydrogen (secondary N) is 1. The second-order valence-corrected chi connectivity index (χ2v) is 26.0. The van der Waals surface area contributed by atoms with E-state index in [1.807, 2.05) is 18.2 Å². The molecule has 12 nitrogen and oxygen atoms in total. The molecule has 4 saturated carbocycles. The Bertz CT molecular complexity index is 2310. The van der Waals surface area contributed by atoms with E-state index in [0.717, 1.165) is 25.1 Å².